The molecule has 0 aliphatic carbocycles. The number of furan rings is 2. The normalized spacial score (nSPS) is 12.2. The highest BCUT2D eigenvalue weighted by molar-refractivity contribution is 6.15. The maximum Gasteiger partial charge on any atom is 0.143 e. The van der Waals surface area contributed by atoms with Gasteiger partial charge in [-0.25, -0.2) is 0 Å². The summed E-state index contributed by atoms with van der Waals surface area (Å²) in [6.45, 7) is 0. The Kier molecular flexibility index (Phi) is 14.9. The molecule has 0 radical (unpaired) electrons. The van der Waals surface area contributed by atoms with Gasteiger partial charge in [0.15, 0.2) is 0 Å². The van der Waals surface area contributed by atoms with Crippen LogP contribution >= 0.6 is 0 Å². The average molecular weight is 1430 g/mol. The number of hydrogen-bond acceptors (Lipinski definition) is 4. The lowest BCUT2D eigenvalue weighted by Gasteiger charge is -2.27. The van der Waals surface area contributed by atoms with Crippen LogP contribution in [0.3, 0.4) is 0 Å². The molecule has 0 amide bonds. The highest BCUT2D eigenvalue weighted by Crippen LogP contribution is 2.46. The summed E-state index contributed by atoms with van der Waals surface area (Å²) in [7, 11) is 0. The van der Waals surface area contributed by atoms with Crippen molar-refractivity contribution in [2.75, 3.05) is 9.80 Å². The fourth-order valence-electron chi connectivity index (χ4n) is 16.4. The van der Waals surface area contributed by atoms with Crippen LogP contribution in [0, 0.1) is 0 Å². The number of nitrogens with zero attached hydrogens (tertiary/aromatic N) is 2. The smallest absolute Gasteiger partial charge is 0.143 e. The van der Waals surface area contributed by atoms with E-state index in [0.717, 1.165) is 122 Å². The van der Waals surface area contributed by atoms with E-state index in [1.54, 1.807) is 0 Å². The van der Waals surface area contributed by atoms with E-state index in [0.29, 0.717) is 22.7 Å². The quantitative estimate of drug-likeness (QED) is 0.114. The zero-order chi connectivity index (χ0) is 78.4. The van der Waals surface area contributed by atoms with E-state index in [9.17, 15) is 0 Å². The molecule has 0 bridgehead atoms. The molecule has 0 fully saturated rings. The van der Waals surface area contributed by atoms with Crippen LogP contribution in [-0.2, 0) is 0 Å². The highest BCUT2D eigenvalue weighted by atomic mass is 16.3. The average Bonchev–Trinajstić information content (AvgIpc) is 1.67. The molecule has 0 aliphatic rings. The molecule has 0 saturated heterocycles. The minimum atomic E-state index is -0.0689. The van der Waals surface area contributed by atoms with Gasteiger partial charge in [-0.05, 0) is 206 Å². The van der Waals surface area contributed by atoms with Crippen molar-refractivity contribution in [1.82, 2.24) is 0 Å². The monoisotopic (exact) mass is 1430 g/mol. The molecule has 4 nitrogen and oxygen atoms in total. The van der Waals surface area contributed by atoms with E-state index in [1.807, 2.05) is 121 Å². The summed E-state index contributed by atoms with van der Waals surface area (Å²) >= 11 is 0. The predicted molar refractivity (Wildman–Crippen MR) is 474 cm³/mol. The number of anilines is 6. The highest BCUT2D eigenvalue weighted by Gasteiger charge is 2.21. The van der Waals surface area contributed by atoms with Gasteiger partial charge in [0.1, 0.15) is 22.3 Å². The Morgan fingerprint density at radius 2 is 0.527 bits per heavy atom. The zero-order valence-electron chi connectivity index (χ0n) is 65.7. The molecule has 0 aliphatic heterocycles. The first-order valence-corrected chi connectivity index (χ1v) is 37.9. The summed E-state index contributed by atoms with van der Waals surface area (Å²) in [6, 6.07) is 137. The van der Waals surface area contributed by atoms with Crippen molar-refractivity contribution in [3.63, 3.8) is 0 Å². The van der Waals surface area contributed by atoms with Gasteiger partial charge in [-0.1, -0.05) is 334 Å². The fraction of sp³-hybridized carbons (Fsp3) is 0. The van der Waals surface area contributed by atoms with E-state index >= 15 is 0 Å². The SMILES string of the molecule is [2H]c1c([2H])c(-c2ccc3ccccc3c2)c([2H])c([2H])c1-c1ccc(N(c2ccc(-c3cccc4c3oc3ccccc34)cc2)c2ccc3c(ccc4ccccc43)c2)cc1.[2H]c1ccc(-c2ccc(N(c3ccc(-c4ccc(-c5ccc6ccccc6c5)cc4)cc3)c3cccc4c3ccc3ccccc34)cc2)c2oc3ccccc3c12. The maximum atomic E-state index is 9.13. The number of rotatable bonds is 12. The summed E-state index contributed by atoms with van der Waals surface area (Å²) in [5.41, 5.74) is 20.0. The molecular weight excluding hydrogens is 1360 g/mol. The Morgan fingerprint density at radius 1 is 0.179 bits per heavy atom. The summed E-state index contributed by atoms with van der Waals surface area (Å²) in [5, 5.41) is 18.1. The number of fused-ring (bicyclic) bond motifs is 14. The standard InChI is InChI=1S/2C54H35NO/c1-2-11-42-35-43(24-23-36(42)9-1)39-21-19-37(20-22-39)38-25-30-44(31-26-38)55(52-17-8-15-48-46-12-4-3-10-40(46)29-34-49(48)52)45-32-27-41(28-33-45)47-14-7-16-51-50-13-5-6-18-53(50)56-54(47)51;1-2-10-42-34-43(22-20-36(42)8-1)39-18-16-37(17-19-39)38-24-28-45(29-25-38)55(47-32-33-49-44(35-47)23-21-40-9-3-4-11-48(40)49)46-30-26-41(27-31-46)50-13-7-14-52-51-12-5-6-15-53(51)56-54(50)52/h2*1-35H/i16D;16D,17D,18D,19D. The first kappa shape index (κ1) is 60.2. The molecule has 0 atom stereocenters. The van der Waals surface area contributed by atoms with Crippen molar-refractivity contribution in [3.05, 3.63) is 425 Å². The van der Waals surface area contributed by atoms with Gasteiger partial charge in [0.25, 0.3) is 0 Å². The number of para-hydroxylation sites is 4. The minimum Gasteiger partial charge on any atom is -0.455 e. The van der Waals surface area contributed by atoms with Crippen LogP contribution in [0.2, 0.25) is 0 Å². The summed E-state index contributed by atoms with van der Waals surface area (Å²) in [5.74, 6) is 0. The first-order chi connectivity index (χ1) is 57.6. The molecule has 0 spiro atoms. The van der Waals surface area contributed by atoms with Gasteiger partial charge in [-0.2, -0.15) is 0 Å². The molecule has 20 aromatic carbocycles. The molecule has 22 rings (SSSR count). The summed E-state index contributed by atoms with van der Waals surface area (Å²) < 4.78 is 57.9. The topological polar surface area (TPSA) is 32.8 Å². The van der Waals surface area contributed by atoms with Crippen LogP contribution in [0.15, 0.2) is 433 Å². The van der Waals surface area contributed by atoms with E-state index in [1.165, 1.54) is 65.2 Å². The first-order valence-electron chi connectivity index (χ1n) is 40.4. The zero-order valence-corrected chi connectivity index (χ0v) is 60.7. The molecular formula is C108H70N2O2. The predicted octanol–water partition coefficient (Wildman–Crippen LogP) is 31.0. The van der Waals surface area contributed by atoms with Crippen molar-refractivity contribution in [3.8, 4) is 66.8 Å². The Labute approximate surface area is 655 Å². The van der Waals surface area contributed by atoms with Gasteiger partial charge in [-0.3, -0.25) is 0 Å². The van der Waals surface area contributed by atoms with Gasteiger partial charge < -0.3 is 18.6 Å². The molecule has 0 N–H and O–H groups in total. The molecule has 0 unspecified atom stereocenters. The third kappa shape index (κ3) is 11.9. The van der Waals surface area contributed by atoms with Crippen LogP contribution in [0.25, 0.3) is 175 Å². The second-order valence-electron chi connectivity index (χ2n) is 28.6. The van der Waals surface area contributed by atoms with E-state index in [2.05, 4.69) is 283 Å². The summed E-state index contributed by atoms with van der Waals surface area (Å²) in [4.78, 5) is 4.57. The molecule has 524 valence electrons. The number of hydrogen-bond donors (Lipinski definition) is 0. The van der Waals surface area contributed by atoms with E-state index < -0.39 is 0 Å². The molecule has 112 heavy (non-hydrogen) atoms. The van der Waals surface area contributed by atoms with Crippen LogP contribution in [0.4, 0.5) is 34.1 Å². The van der Waals surface area contributed by atoms with Crippen LogP contribution in [0.1, 0.15) is 6.85 Å². The molecule has 0 saturated carbocycles. The largest absolute Gasteiger partial charge is 0.455 e. The second kappa shape index (κ2) is 27.7. The Hall–Kier alpha value is -14.8. The van der Waals surface area contributed by atoms with Crippen molar-refractivity contribution in [2.45, 2.75) is 0 Å². The van der Waals surface area contributed by atoms with Crippen LogP contribution in [-0.4, -0.2) is 0 Å². The third-order valence-electron chi connectivity index (χ3n) is 22.1. The molecule has 22 aromatic rings. The van der Waals surface area contributed by atoms with Crippen LogP contribution < -0.4 is 9.80 Å². The van der Waals surface area contributed by atoms with Gasteiger partial charge >= 0.3 is 0 Å². The lowest BCUT2D eigenvalue weighted by atomic mass is 9.97. The second-order valence-corrected chi connectivity index (χ2v) is 28.6. The van der Waals surface area contributed by atoms with Gasteiger partial charge in [0.05, 0.1) is 12.5 Å². The van der Waals surface area contributed by atoms with E-state index in [-0.39, 0.29) is 29.7 Å². The molecule has 2 aromatic heterocycles. The van der Waals surface area contributed by atoms with Crippen molar-refractivity contribution in [2.24, 2.45) is 0 Å². The lowest BCUT2D eigenvalue weighted by molar-refractivity contribution is 0.669. The molecule has 2 heterocycles. The maximum absolute atomic E-state index is 9.13. The van der Waals surface area contributed by atoms with Gasteiger partial charge in [-0.15, -0.1) is 0 Å². The minimum absolute atomic E-state index is 0.0610. The Bertz CT molecular complexity index is 7660. The van der Waals surface area contributed by atoms with Gasteiger partial charge in [0, 0.05) is 66.5 Å². The fourth-order valence-corrected chi connectivity index (χ4v) is 16.4. The van der Waals surface area contributed by atoms with Crippen molar-refractivity contribution in [1.29, 1.82) is 0 Å². The number of benzene rings is 20. The van der Waals surface area contributed by atoms with E-state index in [4.69, 9.17) is 15.7 Å². The van der Waals surface area contributed by atoms with Crippen molar-refractivity contribution < 1.29 is 15.7 Å². The Morgan fingerprint density at radius 3 is 1.11 bits per heavy atom. The van der Waals surface area contributed by atoms with Crippen molar-refractivity contribution >= 4 is 143 Å². The molecule has 4 heteroatoms. The summed E-state index contributed by atoms with van der Waals surface area (Å²) in [6.07, 6.45) is 0. The Balaban J connectivity index is 0.000000146. The third-order valence-corrected chi connectivity index (χ3v) is 22.1. The lowest BCUT2D eigenvalue weighted by Crippen LogP contribution is -2.10. The van der Waals surface area contributed by atoms with Crippen LogP contribution in [0.5, 0.6) is 0 Å². The van der Waals surface area contributed by atoms with Gasteiger partial charge in [0.2, 0.25) is 0 Å².